The zero-order chi connectivity index (χ0) is 8.97. The summed E-state index contributed by atoms with van der Waals surface area (Å²) in [5.74, 6) is 0.623. The second kappa shape index (κ2) is 3.56. The molecule has 0 aliphatic carbocycles. The van der Waals surface area contributed by atoms with Crippen molar-refractivity contribution in [2.24, 2.45) is 5.28 Å². The van der Waals surface area contributed by atoms with E-state index in [1.807, 2.05) is 0 Å². The number of benzene rings is 1. The molecular weight excluding hydrogens is 160 g/mol. The van der Waals surface area contributed by atoms with Crippen LogP contribution in [0.1, 0.15) is 0 Å². The van der Waals surface area contributed by atoms with E-state index in [0.29, 0.717) is 5.75 Å². The van der Waals surface area contributed by atoms with E-state index in [-0.39, 0.29) is 10.5 Å². The van der Waals surface area contributed by atoms with Crippen molar-refractivity contribution in [2.75, 3.05) is 7.11 Å². The molecule has 1 aromatic rings. The van der Waals surface area contributed by atoms with Crippen LogP contribution in [0.5, 0.6) is 5.75 Å². The lowest BCUT2D eigenvalue weighted by molar-refractivity contribution is -0.436. The van der Waals surface area contributed by atoms with E-state index >= 15 is 0 Å². The van der Waals surface area contributed by atoms with Crippen LogP contribution < -0.4 is 4.74 Å². The lowest BCUT2D eigenvalue weighted by atomic mass is 10.3. The van der Waals surface area contributed by atoms with Crippen LogP contribution in [-0.4, -0.2) is 12.0 Å². The van der Waals surface area contributed by atoms with Crippen molar-refractivity contribution in [3.8, 4) is 5.75 Å². The molecule has 0 unspecified atom stereocenters. The molecule has 0 aromatic heterocycles. The number of methoxy groups -OCH3 is 1. The Morgan fingerprint density at radius 3 is 2.33 bits per heavy atom. The van der Waals surface area contributed by atoms with Gasteiger partial charge in [0.15, 0.2) is 0 Å². The smallest absolute Gasteiger partial charge is 0.244 e. The lowest BCUT2D eigenvalue weighted by Crippen LogP contribution is -1.89. The molecule has 1 aromatic carbocycles. The van der Waals surface area contributed by atoms with Crippen LogP contribution in [0.4, 0.5) is 5.69 Å². The predicted molar refractivity (Wildman–Crippen MR) is 42.1 cm³/mol. The van der Waals surface area contributed by atoms with Gasteiger partial charge in [0.2, 0.25) is 5.69 Å². The highest BCUT2D eigenvalue weighted by Crippen LogP contribution is 2.16. The van der Waals surface area contributed by atoms with Gasteiger partial charge in [0, 0.05) is 12.1 Å². The van der Waals surface area contributed by atoms with E-state index in [1.54, 1.807) is 12.1 Å². The topological polar surface area (TPSA) is 70.7 Å². The zero-order valence-electron chi connectivity index (χ0n) is 6.43. The van der Waals surface area contributed by atoms with E-state index in [9.17, 15) is 10.4 Å². The highest BCUT2D eigenvalue weighted by Gasteiger charge is 2.00. The fraction of sp³-hybridized carbons (Fsp3) is 0.143. The van der Waals surface area contributed by atoms with Crippen molar-refractivity contribution in [1.82, 2.24) is 0 Å². The number of nitrogens with zero attached hydrogens (tertiary/aromatic N) is 2. The van der Waals surface area contributed by atoms with Gasteiger partial charge >= 0.3 is 0 Å². The zero-order valence-corrected chi connectivity index (χ0v) is 6.43. The summed E-state index contributed by atoms with van der Waals surface area (Å²) in [6, 6.07) is 6.05. The van der Waals surface area contributed by atoms with Crippen molar-refractivity contribution in [2.45, 2.75) is 0 Å². The van der Waals surface area contributed by atoms with Crippen LogP contribution >= 0.6 is 0 Å². The quantitative estimate of drug-likeness (QED) is 0.383. The molecule has 0 N–H and O–H groups in total. The average molecular weight is 167 g/mol. The molecule has 12 heavy (non-hydrogen) atoms. The number of rotatable bonds is 2. The van der Waals surface area contributed by atoms with Gasteiger partial charge in [-0.1, -0.05) is 4.86 Å². The average Bonchev–Trinajstić information content (AvgIpc) is 2.17. The molecule has 5 heteroatoms. The second-order valence-corrected chi connectivity index (χ2v) is 2.05. The normalized spacial score (nSPS) is 11.2. The molecule has 5 nitrogen and oxygen atoms in total. The Bertz CT molecular complexity index is 281. The summed E-state index contributed by atoms with van der Waals surface area (Å²) in [4.78, 5) is -0.000556. The first-order valence-corrected chi connectivity index (χ1v) is 3.22. The van der Waals surface area contributed by atoms with Crippen LogP contribution in [0.25, 0.3) is 0 Å². The van der Waals surface area contributed by atoms with Crippen LogP contribution in [0.3, 0.4) is 0 Å². The van der Waals surface area contributed by atoms with Gasteiger partial charge in [0.05, 0.1) is 7.11 Å². The summed E-state index contributed by atoms with van der Waals surface area (Å²) in [7, 11) is 1.52. The van der Waals surface area contributed by atoms with Crippen molar-refractivity contribution in [3.05, 3.63) is 34.7 Å². The van der Waals surface area contributed by atoms with Crippen LogP contribution in [-0.2, 0) is 0 Å². The highest BCUT2D eigenvalue weighted by atomic mass is 16.6. The molecule has 0 fully saturated rings. The van der Waals surface area contributed by atoms with Gasteiger partial charge in [-0.05, 0) is 17.4 Å². The van der Waals surface area contributed by atoms with Crippen molar-refractivity contribution < 1.29 is 9.60 Å². The van der Waals surface area contributed by atoms with E-state index < -0.39 is 0 Å². The summed E-state index contributed by atoms with van der Waals surface area (Å²) in [6.45, 7) is 0. The number of hydrogen-bond donors (Lipinski definition) is 0. The summed E-state index contributed by atoms with van der Waals surface area (Å²) in [5, 5.41) is 22.6. The summed E-state index contributed by atoms with van der Waals surface area (Å²) >= 11 is 0. The first kappa shape index (κ1) is 8.32. The van der Waals surface area contributed by atoms with Gasteiger partial charge < -0.3 is 15.2 Å². The highest BCUT2D eigenvalue weighted by molar-refractivity contribution is 5.35. The predicted octanol–water partition coefficient (Wildman–Crippen LogP) is 1.79. The van der Waals surface area contributed by atoms with Crippen molar-refractivity contribution in [3.63, 3.8) is 0 Å². The fourth-order valence-corrected chi connectivity index (χ4v) is 0.757. The maximum Gasteiger partial charge on any atom is 0.244 e. The first-order chi connectivity index (χ1) is 5.77. The van der Waals surface area contributed by atoms with Gasteiger partial charge in [-0.25, -0.2) is 0 Å². The molecule has 0 saturated heterocycles. The largest absolute Gasteiger partial charge is 0.739 e. The van der Waals surface area contributed by atoms with Gasteiger partial charge in [-0.3, -0.25) is 0 Å². The SMILES string of the molecule is COc1ccc(/[N+]([O-])=N/[O-])cc1. The molecule has 0 spiro atoms. The maximum absolute atomic E-state index is 10.6. The molecule has 0 saturated carbocycles. The third-order valence-electron chi connectivity index (χ3n) is 1.37. The minimum Gasteiger partial charge on any atom is -0.739 e. The maximum atomic E-state index is 10.6. The van der Waals surface area contributed by atoms with Crippen LogP contribution in [0.2, 0.25) is 0 Å². The van der Waals surface area contributed by atoms with Crippen LogP contribution in [0, 0.1) is 10.4 Å². The summed E-state index contributed by atoms with van der Waals surface area (Å²) < 4.78 is 4.85. The lowest BCUT2D eigenvalue weighted by Gasteiger charge is -2.01. The molecule has 0 bridgehead atoms. The van der Waals surface area contributed by atoms with E-state index in [1.165, 1.54) is 19.2 Å². The Kier molecular flexibility index (Phi) is 2.47. The molecule has 0 atom stereocenters. The van der Waals surface area contributed by atoms with E-state index in [2.05, 4.69) is 5.28 Å². The van der Waals surface area contributed by atoms with E-state index in [0.717, 1.165) is 0 Å². The molecule has 0 radical (unpaired) electrons. The minimum atomic E-state index is -0.000556. The number of hydrogen-bond acceptors (Lipinski definition) is 4. The third kappa shape index (κ3) is 1.63. The Balaban J connectivity index is 2.92. The molecular formula is C7H7N2O3-. The van der Waals surface area contributed by atoms with Crippen molar-refractivity contribution >= 4 is 5.69 Å². The monoisotopic (exact) mass is 167 g/mol. The summed E-state index contributed by atoms with van der Waals surface area (Å²) in [6.07, 6.45) is 0. The van der Waals surface area contributed by atoms with E-state index in [4.69, 9.17) is 4.74 Å². The van der Waals surface area contributed by atoms with Gasteiger partial charge in [-0.15, -0.1) is 0 Å². The molecule has 64 valence electrons. The molecule has 0 amide bonds. The Morgan fingerprint density at radius 2 is 1.92 bits per heavy atom. The molecule has 0 heterocycles. The fourth-order valence-electron chi connectivity index (χ4n) is 0.757. The molecule has 0 aliphatic heterocycles. The van der Waals surface area contributed by atoms with Crippen LogP contribution in [0.15, 0.2) is 29.5 Å². The molecule has 1 rings (SSSR count). The molecule has 0 aliphatic rings. The summed E-state index contributed by atoms with van der Waals surface area (Å²) in [5.41, 5.74) is 0.186. The third-order valence-corrected chi connectivity index (χ3v) is 1.37. The minimum absolute atomic E-state index is 0.000556. The Labute approximate surface area is 69.1 Å². The standard InChI is InChI=1S/C7H8N2O3/c1-12-7-4-2-6(3-5-7)9(11)8-10/h2-5,10H,1H3/p-1/b9-8-. The second-order valence-electron chi connectivity index (χ2n) is 2.05. The number of ether oxygens (including phenoxy) is 1. The Morgan fingerprint density at radius 1 is 1.33 bits per heavy atom. The van der Waals surface area contributed by atoms with Gasteiger partial charge in [0.1, 0.15) is 5.75 Å². The van der Waals surface area contributed by atoms with Gasteiger partial charge in [-0.2, -0.15) is 0 Å². The first-order valence-electron chi connectivity index (χ1n) is 3.22. The Hall–Kier alpha value is -1.78. The van der Waals surface area contributed by atoms with Crippen molar-refractivity contribution in [1.29, 1.82) is 0 Å². The van der Waals surface area contributed by atoms with Gasteiger partial charge in [0.25, 0.3) is 0 Å².